The maximum atomic E-state index is 14.6. The molecule has 19 nitrogen and oxygen atoms in total. The molecule has 0 spiro atoms. The minimum Gasteiger partial charge on any atom is -0.499 e. The minimum atomic E-state index is -1.84. The Hall–Kier alpha value is -3.57. The standard InChI is InChI=1S/C54H87N3O16/c1-16-41-54(10,65)46(60)34(6)56(13)28-30(2)26-52(8,64)47(73-51-44(59)40(55(11)12)24-31(3)69-51)32(4)45(33(5)50(63)71-41)72-42-27-53(9,66-15)48(35(7)70-42)68-23-22-67-21-17-18-36-19-20-39-37(25-36)43(58)38(49(61)62)29-57(39)14/h17,19-21,25,29-35,40-42,44-48,51,59-60,64-65H,16,18,22-24,26-28H2,1-15H3,(H,61,62)/b21-17+/t30-,31-,32+,33-,34-,35+,40+,41-,42+,44-,45+,46-,47-,48+,51+,52-,53-,54-/m1/s1. The summed E-state index contributed by atoms with van der Waals surface area (Å²) in [6, 6.07) is 4.47. The average Bonchev–Trinajstić information content (AvgIpc) is 3.32. The van der Waals surface area contributed by atoms with Crippen LogP contribution in [-0.4, -0.2) is 190 Å². The molecule has 0 aliphatic carbocycles. The van der Waals surface area contributed by atoms with Crippen molar-refractivity contribution >= 4 is 22.8 Å². The number of aliphatic hydroxyl groups excluding tert-OH is 2. The zero-order valence-electron chi connectivity index (χ0n) is 45.8. The van der Waals surface area contributed by atoms with Crippen molar-refractivity contribution in [1.82, 2.24) is 14.4 Å². The fourth-order valence-electron chi connectivity index (χ4n) is 11.4. The molecule has 1 aromatic heterocycles. The quantitative estimate of drug-likeness (QED) is 0.0953. The summed E-state index contributed by atoms with van der Waals surface area (Å²) >= 11 is 0. The Balaban J connectivity index is 1.37. The molecule has 0 unspecified atom stereocenters. The number of benzene rings is 1. The molecule has 19 heteroatoms. The van der Waals surface area contributed by atoms with Crippen LogP contribution in [0.2, 0.25) is 0 Å². The molecule has 414 valence electrons. The van der Waals surface area contributed by atoms with Gasteiger partial charge in [-0.05, 0) is 125 Å². The van der Waals surface area contributed by atoms with E-state index < -0.39 is 107 Å². The number of cyclic esters (lactones) is 1. The number of esters is 1. The van der Waals surface area contributed by atoms with E-state index in [4.69, 9.17) is 37.9 Å². The molecule has 73 heavy (non-hydrogen) atoms. The summed E-state index contributed by atoms with van der Waals surface area (Å²) in [5, 5.41) is 57.9. The highest BCUT2D eigenvalue weighted by Crippen LogP contribution is 2.41. The van der Waals surface area contributed by atoms with Crippen molar-refractivity contribution in [3.63, 3.8) is 0 Å². The molecule has 3 aliphatic heterocycles. The number of aromatic nitrogens is 1. The highest BCUT2D eigenvalue weighted by Gasteiger charge is 2.53. The van der Waals surface area contributed by atoms with E-state index in [-0.39, 0.29) is 56.1 Å². The Morgan fingerprint density at radius 1 is 0.959 bits per heavy atom. The summed E-state index contributed by atoms with van der Waals surface area (Å²) in [7, 11) is 8.87. The van der Waals surface area contributed by atoms with Gasteiger partial charge in [-0.15, -0.1) is 0 Å². The van der Waals surface area contributed by atoms with Crippen LogP contribution in [0, 0.1) is 17.8 Å². The van der Waals surface area contributed by atoms with Crippen LogP contribution in [-0.2, 0) is 56.2 Å². The number of aromatic carboxylic acids is 1. The van der Waals surface area contributed by atoms with Gasteiger partial charge in [0, 0.05) is 56.7 Å². The lowest BCUT2D eigenvalue weighted by atomic mass is 9.77. The molecule has 0 bridgehead atoms. The van der Waals surface area contributed by atoms with E-state index >= 15 is 0 Å². The molecular weight excluding hydrogens is 947 g/mol. The van der Waals surface area contributed by atoms with Gasteiger partial charge in [-0.2, -0.15) is 0 Å². The summed E-state index contributed by atoms with van der Waals surface area (Å²) in [6.45, 7) is 18.6. The van der Waals surface area contributed by atoms with E-state index in [0.717, 1.165) is 5.56 Å². The number of carbonyl (C=O) groups is 2. The van der Waals surface area contributed by atoms with Crippen LogP contribution in [0.25, 0.3) is 10.9 Å². The number of aliphatic hydroxyl groups is 4. The van der Waals surface area contributed by atoms with E-state index in [0.29, 0.717) is 30.3 Å². The lowest BCUT2D eigenvalue weighted by Crippen LogP contribution is -2.61. The maximum absolute atomic E-state index is 14.6. The van der Waals surface area contributed by atoms with E-state index in [9.17, 15) is 39.9 Å². The van der Waals surface area contributed by atoms with Crippen LogP contribution in [0.3, 0.4) is 0 Å². The Bertz CT molecular complexity index is 2240. The van der Waals surface area contributed by atoms with E-state index in [2.05, 4.69) is 0 Å². The average molecular weight is 1030 g/mol. The molecule has 5 rings (SSSR count). The van der Waals surface area contributed by atoms with Crippen molar-refractivity contribution in [3.8, 4) is 0 Å². The zero-order chi connectivity index (χ0) is 54.5. The normalized spacial score (nSPS) is 38.8. The van der Waals surface area contributed by atoms with Crippen molar-refractivity contribution in [2.75, 3.05) is 48.0 Å². The number of nitrogens with zero attached hydrogens (tertiary/aromatic N) is 3. The fraction of sp³-hybridized carbons (Fsp3) is 0.759. The molecule has 3 aliphatic rings. The molecule has 3 fully saturated rings. The minimum absolute atomic E-state index is 0.154. The molecule has 5 N–H and O–H groups in total. The summed E-state index contributed by atoms with van der Waals surface area (Å²) in [6.07, 6.45) is -3.09. The van der Waals surface area contributed by atoms with Gasteiger partial charge in [0.05, 0.1) is 59.9 Å². The monoisotopic (exact) mass is 1030 g/mol. The zero-order valence-corrected chi connectivity index (χ0v) is 45.8. The number of ether oxygens (including phenoxy) is 8. The summed E-state index contributed by atoms with van der Waals surface area (Å²) < 4.78 is 52.7. The third-order valence-corrected chi connectivity index (χ3v) is 15.7. The number of pyridine rings is 1. The van der Waals surface area contributed by atoms with Crippen LogP contribution in [0.15, 0.2) is 41.5 Å². The van der Waals surface area contributed by atoms with Gasteiger partial charge < -0.3 is 77.8 Å². The Morgan fingerprint density at radius 2 is 1.64 bits per heavy atom. The second-order valence-electron chi connectivity index (χ2n) is 22.1. The van der Waals surface area contributed by atoms with Crippen LogP contribution in [0.5, 0.6) is 0 Å². The van der Waals surface area contributed by atoms with Crippen LogP contribution < -0.4 is 5.43 Å². The summed E-state index contributed by atoms with van der Waals surface area (Å²) in [5.74, 6) is -4.03. The predicted octanol–water partition coefficient (Wildman–Crippen LogP) is 4.25. The predicted molar refractivity (Wildman–Crippen MR) is 273 cm³/mol. The first-order chi connectivity index (χ1) is 34.1. The number of aryl methyl sites for hydroxylation is 1. The van der Waals surface area contributed by atoms with E-state index in [1.54, 1.807) is 70.9 Å². The number of carboxylic acid groups (broad SMARTS) is 1. The van der Waals surface area contributed by atoms with Crippen LogP contribution in [0.4, 0.5) is 0 Å². The van der Waals surface area contributed by atoms with Gasteiger partial charge in [-0.3, -0.25) is 9.59 Å². The van der Waals surface area contributed by atoms with Gasteiger partial charge in [0.2, 0.25) is 5.43 Å². The fourth-order valence-corrected chi connectivity index (χ4v) is 11.4. The molecule has 3 saturated heterocycles. The first-order valence-electron chi connectivity index (χ1n) is 25.9. The molecular formula is C54H87N3O16. The molecule has 0 saturated carbocycles. The highest BCUT2D eigenvalue weighted by atomic mass is 16.7. The molecule has 18 atom stereocenters. The molecule has 4 heterocycles. The number of likely N-dealkylation sites (N-methyl/N-ethyl adjacent to an activating group) is 2. The van der Waals surface area contributed by atoms with Gasteiger partial charge >= 0.3 is 11.9 Å². The lowest BCUT2D eigenvalue weighted by Gasteiger charge is -2.49. The molecule has 0 radical (unpaired) electrons. The number of carboxylic acids is 1. The number of allylic oxidation sites excluding steroid dienone is 1. The van der Waals surface area contributed by atoms with Gasteiger partial charge in [0.15, 0.2) is 12.6 Å². The van der Waals surface area contributed by atoms with Gasteiger partial charge in [-0.25, -0.2) is 4.79 Å². The van der Waals surface area contributed by atoms with Crippen molar-refractivity contribution in [2.24, 2.45) is 24.8 Å². The van der Waals surface area contributed by atoms with E-state index in [1.807, 2.05) is 71.6 Å². The van der Waals surface area contributed by atoms with Crippen LogP contribution in [0.1, 0.15) is 111 Å². The van der Waals surface area contributed by atoms with Crippen molar-refractivity contribution < 1.29 is 73.0 Å². The second-order valence-corrected chi connectivity index (χ2v) is 22.1. The highest BCUT2D eigenvalue weighted by molar-refractivity contribution is 5.92. The van der Waals surface area contributed by atoms with E-state index in [1.165, 1.54) is 13.1 Å². The summed E-state index contributed by atoms with van der Waals surface area (Å²) in [5.41, 5.74) is -3.83. The molecule has 2 aromatic rings. The molecule has 1 aromatic carbocycles. The topological polar surface area (TPSA) is 238 Å². The van der Waals surface area contributed by atoms with Gasteiger partial charge in [0.1, 0.15) is 42.2 Å². The van der Waals surface area contributed by atoms with Crippen molar-refractivity contribution in [3.05, 3.63) is 58.1 Å². The number of methoxy groups -OCH3 is 1. The van der Waals surface area contributed by atoms with Gasteiger partial charge in [0.25, 0.3) is 0 Å². The second kappa shape index (κ2) is 25.1. The Morgan fingerprint density at radius 3 is 2.27 bits per heavy atom. The Labute approximate surface area is 431 Å². The number of carbonyl (C=O) groups excluding carboxylic acids is 1. The first-order valence-corrected chi connectivity index (χ1v) is 25.9. The Kier molecular flexibility index (Phi) is 20.7. The number of fused-ring (bicyclic) bond motifs is 1. The van der Waals surface area contributed by atoms with Gasteiger partial charge in [-0.1, -0.05) is 26.8 Å². The lowest BCUT2D eigenvalue weighted by molar-refractivity contribution is -0.321. The van der Waals surface area contributed by atoms with Crippen molar-refractivity contribution in [1.29, 1.82) is 0 Å². The third kappa shape index (κ3) is 14.1. The number of hydrogen-bond acceptors (Lipinski definition) is 17. The number of hydrogen-bond donors (Lipinski definition) is 5. The number of rotatable bonds is 15. The van der Waals surface area contributed by atoms with Crippen LogP contribution >= 0.6 is 0 Å². The third-order valence-electron chi connectivity index (χ3n) is 15.7. The maximum Gasteiger partial charge on any atom is 0.341 e. The molecule has 0 amide bonds. The summed E-state index contributed by atoms with van der Waals surface area (Å²) in [4.78, 5) is 42.9. The first kappa shape index (κ1) is 60.3. The SMILES string of the molecule is CC[C@H]1OC(=O)[C@H](C)[C@@H](O[C@H]2C[C@@](C)(OC)[C@@H](OCCO/C=C/Cc3ccc4c(c3)c(=O)c(C(=O)O)cn4C)[C@H](C)O2)[C@H](C)[C@@H](O[C@@H]2O[C@H](C)C[C@H](N(C)C)[C@H]2O)[C@](C)(O)C[C@@H](C)CN(C)[C@H](C)[C@@H](O)[C@]1(C)O. The smallest absolute Gasteiger partial charge is 0.341 e. The largest absolute Gasteiger partial charge is 0.499 e. The van der Waals surface area contributed by atoms with Crippen molar-refractivity contribution in [2.45, 2.75) is 192 Å².